The van der Waals surface area contributed by atoms with Crippen LogP contribution in [0.1, 0.15) is 12.8 Å². The quantitative estimate of drug-likeness (QED) is 0.564. The molecule has 0 aromatic heterocycles. The summed E-state index contributed by atoms with van der Waals surface area (Å²) in [5, 5.41) is 16.5. The maximum Gasteiger partial charge on any atom is 0.313 e. The number of thioether (sulfide) groups is 1. The van der Waals surface area contributed by atoms with E-state index < -0.39 is 5.97 Å². The largest absolute Gasteiger partial charge is 0.481 e. The van der Waals surface area contributed by atoms with Crippen LogP contribution in [0, 0.1) is 0 Å². The van der Waals surface area contributed by atoms with E-state index in [0.29, 0.717) is 0 Å². The van der Waals surface area contributed by atoms with E-state index in [9.17, 15) is 4.79 Å². The summed E-state index contributed by atoms with van der Waals surface area (Å²) in [6, 6.07) is 0. The number of hydrogen-bond donors (Lipinski definition) is 2. The molecule has 0 saturated carbocycles. The molecule has 0 fully saturated rings. The third-order valence-corrected chi connectivity index (χ3v) is 1.95. The normalized spacial score (nSPS) is 9.70. The summed E-state index contributed by atoms with van der Waals surface area (Å²) >= 11 is 1.39. The molecule has 0 amide bonds. The summed E-state index contributed by atoms with van der Waals surface area (Å²) < 4.78 is 0. The van der Waals surface area contributed by atoms with Gasteiger partial charge in [-0.3, -0.25) is 4.79 Å². The lowest BCUT2D eigenvalue weighted by atomic mass is 10.4. The van der Waals surface area contributed by atoms with Crippen LogP contribution in [-0.2, 0) is 4.79 Å². The average molecular weight is 164 g/mol. The maximum absolute atomic E-state index is 9.96. The van der Waals surface area contributed by atoms with Gasteiger partial charge in [-0.1, -0.05) is 0 Å². The lowest BCUT2D eigenvalue weighted by Crippen LogP contribution is -1.98. The number of rotatable bonds is 6. The Kier molecular flexibility index (Phi) is 6.74. The predicted molar refractivity (Wildman–Crippen MR) is 41.3 cm³/mol. The van der Waals surface area contributed by atoms with Gasteiger partial charge in [0.1, 0.15) is 0 Å². The van der Waals surface area contributed by atoms with E-state index in [0.717, 1.165) is 18.6 Å². The molecule has 0 radical (unpaired) electrons. The highest BCUT2D eigenvalue weighted by Crippen LogP contribution is 2.02. The van der Waals surface area contributed by atoms with Gasteiger partial charge in [0.05, 0.1) is 5.75 Å². The molecule has 0 spiro atoms. The first-order chi connectivity index (χ1) is 4.77. The highest BCUT2D eigenvalue weighted by molar-refractivity contribution is 7.99. The lowest BCUT2D eigenvalue weighted by molar-refractivity contribution is -0.133. The van der Waals surface area contributed by atoms with E-state index in [1.807, 2.05) is 0 Å². The molecule has 0 aliphatic carbocycles. The first-order valence-electron chi connectivity index (χ1n) is 3.17. The molecular formula is C6H12O3S. The zero-order chi connectivity index (χ0) is 7.82. The van der Waals surface area contributed by atoms with Crippen molar-refractivity contribution in [2.45, 2.75) is 12.8 Å². The third-order valence-electron chi connectivity index (χ3n) is 0.922. The van der Waals surface area contributed by atoms with Crippen molar-refractivity contribution in [1.29, 1.82) is 0 Å². The Morgan fingerprint density at radius 1 is 1.40 bits per heavy atom. The summed E-state index contributed by atoms with van der Waals surface area (Å²) in [6.07, 6.45) is 1.67. The number of aliphatic hydroxyl groups is 1. The van der Waals surface area contributed by atoms with Crippen LogP contribution in [0.5, 0.6) is 0 Å². The average Bonchev–Trinajstić information content (AvgIpc) is 1.87. The molecule has 0 unspecified atom stereocenters. The molecule has 0 aromatic carbocycles. The van der Waals surface area contributed by atoms with E-state index in [1.165, 1.54) is 11.8 Å². The van der Waals surface area contributed by atoms with Crippen LogP contribution in [0.25, 0.3) is 0 Å². The molecule has 0 atom stereocenters. The Hall–Kier alpha value is -0.220. The Balaban J connectivity index is 2.84. The molecule has 4 heteroatoms. The van der Waals surface area contributed by atoms with Gasteiger partial charge in [-0.25, -0.2) is 0 Å². The summed E-state index contributed by atoms with van der Waals surface area (Å²) in [4.78, 5) is 9.96. The molecule has 0 heterocycles. The Bertz CT molecular complexity index is 95.0. The first kappa shape index (κ1) is 9.78. The molecule has 3 nitrogen and oxygen atoms in total. The molecule has 0 aliphatic rings. The number of aliphatic carboxylic acids is 1. The van der Waals surface area contributed by atoms with Crippen molar-refractivity contribution in [3.63, 3.8) is 0 Å². The zero-order valence-electron chi connectivity index (χ0n) is 5.75. The molecule has 10 heavy (non-hydrogen) atoms. The number of unbranched alkanes of at least 4 members (excludes halogenated alkanes) is 1. The van der Waals surface area contributed by atoms with E-state index in [2.05, 4.69) is 0 Å². The van der Waals surface area contributed by atoms with Gasteiger partial charge in [0, 0.05) is 6.61 Å². The van der Waals surface area contributed by atoms with E-state index in [4.69, 9.17) is 10.2 Å². The second-order valence-electron chi connectivity index (χ2n) is 1.88. The Morgan fingerprint density at radius 2 is 2.10 bits per heavy atom. The maximum atomic E-state index is 9.96. The van der Waals surface area contributed by atoms with Crippen molar-refractivity contribution in [2.24, 2.45) is 0 Å². The van der Waals surface area contributed by atoms with Crippen molar-refractivity contribution in [3.05, 3.63) is 0 Å². The zero-order valence-corrected chi connectivity index (χ0v) is 6.56. The monoisotopic (exact) mass is 164 g/mol. The number of hydrogen-bond acceptors (Lipinski definition) is 3. The van der Waals surface area contributed by atoms with Crippen LogP contribution in [0.2, 0.25) is 0 Å². The first-order valence-corrected chi connectivity index (χ1v) is 4.33. The van der Waals surface area contributed by atoms with Gasteiger partial charge in [-0.05, 0) is 18.6 Å². The van der Waals surface area contributed by atoms with Gasteiger partial charge in [0.15, 0.2) is 0 Å². The van der Waals surface area contributed by atoms with E-state index in [1.54, 1.807) is 0 Å². The van der Waals surface area contributed by atoms with Crippen LogP contribution in [0.4, 0.5) is 0 Å². The second kappa shape index (κ2) is 6.89. The van der Waals surface area contributed by atoms with Crippen LogP contribution < -0.4 is 0 Å². The van der Waals surface area contributed by atoms with Crippen LogP contribution in [0.3, 0.4) is 0 Å². The summed E-state index contributed by atoms with van der Waals surface area (Å²) in [6.45, 7) is 0.202. The van der Waals surface area contributed by atoms with Crippen molar-refractivity contribution >= 4 is 17.7 Å². The van der Waals surface area contributed by atoms with Crippen molar-refractivity contribution < 1.29 is 15.0 Å². The minimum absolute atomic E-state index is 0.172. The van der Waals surface area contributed by atoms with Gasteiger partial charge in [-0.15, -0.1) is 0 Å². The standard InChI is InChI=1S/C6H12O3S/c7-3-1-2-4-10-5-6(8)9/h7H,1-5H2,(H,8,9). The van der Waals surface area contributed by atoms with Gasteiger partial charge in [0.2, 0.25) is 0 Å². The van der Waals surface area contributed by atoms with Crippen LogP contribution >= 0.6 is 11.8 Å². The van der Waals surface area contributed by atoms with Crippen molar-refractivity contribution in [1.82, 2.24) is 0 Å². The van der Waals surface area contributed by atoms with Crippen LogP contribution in [0.15, 0.2) is 0 Å². The number of carboxylic acids is 1. The molecule has 0 bridgehead atoms. The van der Waals surface area contributed by atoms with Crippen LogP contribution in [-0.4, -0.2) is 34.3 Å². The fourth-order valence-electron chi connectivity index (χ4n) is 0.475. The minimum atomic E-state index is -0.769. The summed E-state index contributed by atoms with van der Waals surface area (Å²) in [5.41, 5.74) is 0. The molecular weight excluding hydrogens is 152 g/mol. The molecule has 0 aliphatic heterocycles. The SMILES string of the molecule is O=C(O)CSCCCCO. The summed E-state index contributed by atoms with van der Waals surface area (Å²) in [5.74, 6) is 0.229. The Labute approximate surface area is 64.4 Å². The minimum Gasteiger partial charge on any atom is -0.481 e. The second-order valence-corrected chi connectivity index (χ2v) is 2.98. The van der Waals surface area contributed by atoms with Gasteiger partial charge >= 0.3 is 5.97 Å². The molecule has 2 N–H and O–H groups in total. The third kappa shape index (κ3) is 7.78. The highest BCUT2D eigenvalue weighted by atomic mass is 32.2. The van der Waals surface area contributed by atoms with E-state index >= 15 is 0 Å². The molecule has 0 rings (SSSR count). The predicted octanol–water partition coefficient (Wildman–Crippen LogP) is 0.577. The number of carbonyl (C=O) groups is 1. The van der Waals surface area contributed by atoms with Crippen molar-refractivity contribution in [3.8, 4) is 0 Å². The molecule has 0 saturated heterocycles. The Morgan fingerprint density at radius 3 is 2.60 bits per heavy atom. The fourth-order valence-corrected chi connectivity index (χ4v) is 1.20. The molecule has 60 valence electrons. The van der Waals surface area contributed by atoms with Gasteiger partial charge in [0.25, 0.3) is 0 Å². The number of carboxylic acid groups (broad SMARTS) is 1. The smallest absolute Gasteiger partial charge is 0.313 e. The van der Waals surface area contributed by atoms with Gasteiger partial charge in [-0.2, -0.15) is 11.8 Å². The topological polar surface area (TPSA) is 57.5 Å². The van der Waals surface area contributed by atoms with E-state index in [-0.39, 0.29) is 12.4 Å². The number of aliphatic hydroxyl groups excluding tert-OH is 1. The van der Waals surface area contributed by atoms with Gasteiger partial charge < -0.3 is 10.2 Å². The fraction of sp³-hybridized carbons (Fsp3) is 0.833. The highest BCUT2D eigenvalue weighted by Gasteiger charge is 1.95. The van der Waals surface area contributed by atoms with Crippen molar-refractivity contribution in [2.75, 3.05) is 18.1 Å². The molecule has 0 aromatic rings. The lowest BCUT2D eigenvalue weighted by Gasteiger charge is -1.95. The summed E-state index contributed by atoms with van der Waals surface area (Å²) in [7, 11) is 0.